The fraction of sp³-hybridized carbons (Fsp3) is 1.00. The standard InChI is InChI=1S/C10H30N2Si4.C8H26N2Si4.C6H22N2Si4.C5H21NSi4.C4H19NSi4.C3H17NSi4/c1-7-9(3,4)11-13-15-12(16-14-11)10(5,6)8-2;1-7(2,3)9-11-13-10(14-12-9)8(4,5)6;1-5(2)7-9-11-8(6(3)4)12-10-7;1-4-5(2,3)6(9-7)10-8;1-4(2,3)5(8-6)9-7;1-3(2)4(7-5)8-6/h7-8,13-16H2,1-6H3;11-14H2,1-6H3;5-6H,9-12H2,1-4H3;4,9-10H2,1-3,7-8H3;8-9H2,1-3,6-7H3;3H,7-8H2,1-2,5-6H3. The quantitative estimate of drug-likeness (QED) is 0.149. The third kappa shape index (κ3) is 33.9. The van der Waals surface area contributed by atoms with Gasteiger partial charge in [-0.25, -0.2) is 0 Å². The van der Waals surface area contributed by atoms with Gasteiger partial charge < -0.3 is 38.1 Å². The zero-order valence-corrected chi connectivity index (χ0v) is 91.1. The van der Waals surface area contributed by atoms with Gasteiger partial charge in [0.1, 0.15) is 0 Å². The van der Waals surface area contributed by atoms with Crippen LogP contribution in [0.2, 0.25) is 0 Å². The topological polar surface area (TPSA) is 29.2 Å². The van der Waals surface area contributed by atoms with Crippen LogP contribution in [0.4, 0.5) is 0 Å². The van der Waals surface area contributed by atoms with Crippen molar-refractivity contribution in [3.8, 4) is 0 Å². The van der Waals surface area contributed by atoms with Crippen LogP contribution < -0.4 is 0 Å². The second-order valence-corrected chi connectivity index (χ2v) is 84.6. The van der Waals surface area contributed by atoms with Gasteiger partial charge in [0, 0.05) is 75.2 Å². The molecule has 3 fully saturated rings. The number of hydrogen-bond donors (Lipinski definition) is 0. The second-order valence-electron chi connectivity index (χ2n) is 25.9. The SMILES string of the molecule is CC(C)(C)N([SiH2][SiH3])[SiH2][SiH3].CC(C)(C)N1[SiH2][SiH2]N(C(C)(C)C)[SiH2][SiH2]1.CC(C)N([SiH2][SiH3])[SiH2][SiH3].CC(C)N1[SiH2][SiH2]N(C(C)C)[SiH2][SiH2]1.CCC(C)(C)N([SiH2][SiH3])[SiH2][SiH3].CCC(C)(C)N1[SiH2][SiH2]N(C(C)(C)CC)[SiH2][SiH2]1. The average Bonchev–Trinajstić information content (AvgIpc) is 3.27. The predicted octanol–water partition coefficient (Wildman–Crippen LogP) is -14.5. The Morgan fingerprint density at radius 2 is 0.638 bits per heavy atom. The van der Waals surface area contributed by atoms with Gasteiger partial charge in [0.25, 0.3) is 0 Å². The maximum atomic E-state index is 3.05. The highest BCUT2D eigenvalue weighted by Crippen LogP contribution is 2.22. The van der Waals surface area contributed by atoms with Crippen molar-refractivity contribution in [1.82, 2.24) is 38.1 Å². The van der Waals surface area contributed by atoms with E-state index in [0.29, 0.717) is 70.0 Å². The van der Waals surface area contributed by atoms with Crippen LogP contribution in [0.3, 0.4) is 0 Å². The number of nitrogens with zero attached hydrogens (tertiary/aromatic N) is 9. The Balaban J connectivity index is -0.000000771. The van der Waals surface area contributed by atoms with Crippen molar-refractivity contribution in [3.05, 3.63) is 0 Å². The highest BCUT2D eigenvalue weighted by atomic mass is 29.2. The summed E-state index contributed by atoms with van der Waals surface area (Å²) in [5.74, 6) is 0. The van der Waals surface area contributed by atoms with E-state index in [0.717, 1.165) is 18.1 Å². The van der Waals surface area contributed by atoms with Crippen molar-refractivity contribution in [1.29, 1.82) is 0 Å². The van der Waals surface area contributed by atoms with Crippen LogP contribution in [0.25, 0.3) is 0 Å². The van der Waals surface area contributed by atoms with Gasteiger partial charge in [-0.1, -0.05) is 62.3 Å². The fourth-order valence-corrected chi connectivity index (χ4v) is 194. The van der Waals surface area contributed by atoms with E-state index in [1.807, 2.05) is 0 Å². The molecule has 420 valence electrons. The van der Waals surface area contributed by atoms with E-state index in [1.54, 1.807) is 0 Å². The van der Waals surface area contributed by atoms with E-state index in [9.17, 15) is 0 Å². The molecule has 3 heterocycles. The molecule has 0 unspecified atom stereocenters. The van der Waals surface area contributed by atoms with E-state index in [2.05, 4.69) is 204 Å². The summed E-state index contributed by atoms with van der Waals surface area (Å²) in [5, 5.41) is 0. The summed E-state index contributed by atoms with van der Waals surface area (Å²) >= 11 is 0. The predicted molar refractivity (Wildman–Crippen MR) is 408 cm³/mol. The van der Waals surface area contributed by atoms with Gasteiger partial charge in [-0.15, -0.1) is 0 Å². The molecule has 0 saturated carbocycles. The van der Waals surface area contributed by atoms with Crippen LogP contribution >= 0.6 is 0 Å². The van der Waals surface area contributed by atoms with Crippen molar-refractivity contribution in [2.24, 2.45) is 0 Å². The Labute approximate surface area is 494 Å². The molecule has 3 saturated heterocycles. The summed E-state index contributed by atoms with van der Waals surface area (Å²) in [7, 11) is 13.3. The highest BCUT2D eigenvalue weighted by Gasteiger charge is 2.34. The van der Waals surface area contributed by atoms with E-state index in [-0.39, 0.29) is 129 Å². The first-order valence-corrected chi connectivity index (χ1v) is 98.5. The lowest BCUT2D eigenvalue weighted by atomic mass is 10.0. The molecule has 0 spiro atoms. The van der Waals surface area contributed by atoms with Crippen molar-refractivity contribution >= 4 is 224 Å². The summed E-state index contributed by atoms with van der Waals surface area (Å²) in [6, 6.07) is 2.73. The van der Waals surface area contributed by atoms with Crippen LogP contribution in [0.5, 0.6) is 0 Å². The Bertz CT molecular complexity index is 1170. The van der Waals surface area contributed by atoms with Gasteiger partial charge in [-0.2, -0.15) is 0 Å². The van der Waals surface area contributed by atoms with Gasteiger partial charge in [0.15, 0.2) is 0 Å². The van der Waals surface area contributed by atoms with Crippen LogP contribution in [0.15, 0.2) is 0 Å². The van der Waals surface area contributed by atoms with E-state index in [4.69, 9.17) is 0 Å². The minimum absolute atomic E-state index is 0.165. The Hall–Kier alpha value is 4.85. The molecule has 3 rings (SSSR count). The summed E-state index contributed by atoms with van der Waals surface area (Å²) in [5.41, 5.74) is 3.33. The molecule has 3 aliphatic rings. The minimum Gasteiger partial charge on any atom is -0.358 e. The molecule has 0 aromatic carbocycles. The zero-order chi connectivity index (χ0) is 54.8. The second kappa shape index (κ2) is 39.3. The molecular formula is C36H135N9Si24. The summed E-state index contributed by atoms with van der Waals surface area (Å²) < 4.78 is 26.5. The zero-order valence-electron chi connectivity index (χ0n) is 53.6. The van der Waals surface area contributed by atoms with E-state index < -0.39 is 0 Å². The molecule has 3 aliphatic heterocycles. The van der Waals surface area contributed by atoms with Crippen molar-refractivity contribution < 1.29 is 0 Å². The Kier molecular flexibility index (Phi) is 44.4. The Morgan fingerprint density at radius 3 is 0.754 bits per heavy atom. The molecule has 0 bridgehead atoms. The Morgan fingerprint density at radius 1 is 0.377 bits per heavy atom. The monoisotopic (exact) mass is 1370 g/mol. The van der Waals surface area contributed by atoms with Gasteiger partial charge in [-0.3, -0.25) is 0 Å². The highest BCUT2D eigenvalue weighted by molar-refractivity contribution is 7.17. The van der Waals surface area contributed by atoms with Crippen LogP contribution in [-0.4, -0.2) is 314 Å². The largest absolute Gasteiger partial charge is 0.358 e. The fourth-order valence-electron chi connectivity index (χ4n) is 9.61. The van der Waals surface area contributed by atoms with Gasteiger partial charge >= 0.3 is 0 Å². The molecular weight excluding hydrogens is 1230 g/mol. The molecule has 0 aromatic rings. The molecule has 0 aliphatic carbocycles. The van der Waals surface area contributed by atoms with E-state index >= 15 is 0 Å². The molecule has 0 amide bonds. The minimum atomic E-state index is 0.165. The lowest BCUT2D eigenvalue weighted by Crippen LogP contribution is -2.65. The number of hydrogen-bond acceptors (Lipinski definition) is 9. The summed E-state index contributed by atoms with van der Waals surface area (Å²) in [4.78, 5) is 0. The first-order valence-electron chi connectivity index (χ1n) is 29.2. The molecule has 9 nitrogen and oxygen atoms in total. The molecule has 33 heteroatoms. The third-order valence-corrected chi connectivity index (χ3v) is 140. The summed E-state index contributed by atoms with van der Waals surface area (Å²) in [6.07, 6.45) is 4.05. The van der Waals surface area contributed by atoms with Crippen LogP contribution in [0.1, 0.15) is 185 Å². The molecule has 0 N–H and O–H groups in total. The maximum Gasteiger partial charge on any atom is 0.0887 e. The third-order valence-electron chi connectivity index (χ3n) is 16.4. The van der Waals surface area contributed by atoms with Gasteiger partial charge in [0.05, 0.1) is 166 Å². The van der Waals surface area contributed by atoms with Crippen LogP contribution in [-0.2, 0) is 0 Å². The number of rotatable bonds is 15. The van der Waals surface area contributed by atoms with Crippen molar-refractivity contribution in [2.45, 2.75) is 237 Å². The molecule has 0 atom stereocenters. The summed E-state index contributed by atoms with van der Waals surface area (Å²) in [6.45, 7) is 57.7. The van der Waals surface area contributed by atoms with Crippen molar-refractivity contribution in [3.63, 3.8) is 0 Å². The molecule has 0 radical (unpaired) electrons. The van der Waals surface area contributed by atoms with Gasteiger partial charge in [0.2, 0.25) is 0 Å². The molecule has 69 heavy (non-hydrogen) atoms. The maximum absolute atomic E-state index is 3.05. The smallest absolute Gasteiger partial charge is 0.0887 e. The molecule has 0 aromatic heterocycles. The normalized spacial score (nSPS) is 23.7. The average molecular weight is 1370 g/mol. The lowest BCUT2D eigenvalue weighted by molar-refractivity contribution is 0.314. The van der Waals surface area contributed by atoms with Crippen molar-refractivity contribution in [2.75, 3.05) is 0 Å². The van der Waals surface area contributed by atoms with E-state index in [1.165, 1.54) is 77.8 Å². The lowest BCUT2D eigenvalue weighted by Gasteiger charge is -2.48. The first-order chi connectivity index (χ1) is 31.5. The van der Waals surface area contributed by atoms with Gasteiger partial charge in [-0.05, 0) is 158 Å². The first kappa shape index (κ1) is 78.1. The van der Waals surface area contributed by atoms with Crippen LogP contribution in [0, 0.1) is 0 Å².